The SMILES string of the molecule is CCCCCCCCCCCCCCCCN(CCCCCCCCCCCCCC)C(C)(C)c1ccccc1. The average Bonchev–Trinajstić information content (AvgIpc) is 2.97. The highest BCUT2D eigenvalue weighted by Gasteiger charge is 2.27. The van der Waals surface area contributed by atoms with Crippen molar-refractivity contribution in [3.8, 4) is 0 Å². The maximum atomic E-state index is 2.80. The Morgan fingerprint density at radius 2 is 0.675 bits per heavy atom. The van der Waals surface area contributed by atoms with E-state index in [1.54, 1.807) is 0 Å². The highest BCUT2D eigenvalue weighted by Crippen LogP contribution is 2.29. The van der Waals surface area contributed by atoms with Crippen LogP contribution in [0, 0.1) is 0 Å². The van der Waals surface area contributed by atoms with E-state index in [1.807, 2.05) is 0 Å². The molecule has 1 heteroatoms. The summed E-state index contributed by atoms with van der Waals surface area (Å²) >= 11 is 0. The summed E-state index contributed by atoms with van der Waals surface area (Å²) < 4.78 is 0. The summed E-state index contributed by atoms with van der Waals surface area (Å²) in [6, 6.07) is 11.3. The standard InChI is InChI=1S/C39H73N/c1-5-7-9-11-13-15-17-19-20-22-24-26-28-33-37-40(39(3,4)38-34-30-29-31-35-38)36-32-27-25-23-21-18-16-14-12-10-8-6-2/h29-31,34-35H,5-28,32-33,36-37H2,1-4H3. The number of benzene rings is 1. The second kappa shape index (κ2) is 27.0. The third-order valence-corrected chi connectivity index (χ3v) is 9.33. The van der Waals surface area contributed by atoms with E-state index in [4.69, 9.17) is 0 Å². The third-order valence-electron chi connectivity index (χ3n) is 9.33. The number of hydrogen-bond donors (Lipinski definition) is 0. The molecule has 0 amide bonds. The number of rotatable bonds is 30. The maximum Gasteiger partial charge on any atom is 0.0404 e. The van der Waals surface area contributed by atoms with Gasteiger partial charge in [-0.15, -0.1) is 0 Å². The van der Waals surface area contributed by atoms with Crippen molar-refractivity contribution in [3.63, 3.8) is 0 Å². The first-order valence-electron chi connectivity index (χ1n) is 18.4. The van der Waals surface area contributed by atoms with Gasteiger partial charge in [-0.25, -0.2) is 0 Å². The zero-order chi connectivity index (χ0) is 29.0. The van der Waals surface area contributed by atoms with Gasteiger partial charge in [-0.1, -0.05) is 198 Å². The Balaban J connectivity index is 2.20. The van der Waals surface area contributed by atoms with E-state index >= 15 is 0 Å². The van der Waals surface area contributed by atoms with Gasteiger partial charge < -0.3 is 0 Å². The lowest BCUT2D eigenvalue weighted by molar-refractivity contribution is 0.113. The molecule has 40 heavy (non-hydrogen) atoms. The van der Waals surface area contributed by atoms with Crippen LogP contribution in [0.1, 0.15) is 200 Å². The Kier molecular flexibility index (Phi) is 25.2. The highest BCUT2D eigenvalue weighted by atomic mass is 15.2. The zero-order valence-corrected chi connectivity index (χ0v) is 28.1. The average molecular weight is 556 g/mol. The van der Waals surface area contributed by atoms with Gasteiger partial charge in [0.05, 0.1) is 0 Å². The molecule has 0 radical (unpaired) electrons. The van der Waals surface area contributed by atoms with Crippen molar-refractivity contribution in [1.29, 1.82) is 0 Å². The van der Waals surface area contributed by atoms with Crippen LogP contribution < -0.4 is 0 Å². The van der Waals surface area contributed by atoms with Gasteiger partial charge in [0.1, 0.15) is 0 Å². The Bertz CT molecular complexity index is 621. The molecule has 1 aromatic carbocycles. The smallest absolute Gasteiger partial charge is 0.0404 e. The zero-order valence-electron chi connectivity index (χ0n) is 28.1. The molecule has 1 rings (SSSR count). The van der Waals surface area contributed by atoms with Crippen molar-refractivity contribution in [2.45, 2.75) is 200 Å². The van der Waals surface area contributed by atoms with E-state index in [-0.39, 0.29) is 5.54 Å². The Morgan fingerprint density at radius 3 is 0.975 bits per heavy atom. The molecule has 0 saturated heterocycles. The van der Waals surface area contributed by atoms with Crippen molar-refractivity contribution in [1.82, 2.24) is 4.90 Å². The van der Waals surface area contributed by atoms with E-state index in [1.165, 1.54) is 186 Å². The Labute approximate surface area is 253 Å². The van der Waals surface area contributed by atoms with Crippen molar-refractivity contribution < 1.29 is 0 Å². The highest BCUT2D eigenvalue weighted by molar-refractivity contribution is 5.22. The molecule has 0 aliphatic heterocycles. The second-order valence-electron chi connectivity index (χ2n) is 13.4. The summed E-state index contributed by atoms with van der Waals surface area (Å²) in [7, 11) is 0. The van der Waals surface area contributed by atoms with Gasteiger partial charge in [0.2, 0.25) is 0 Å². The second-order valence-corrected chi connectivity index (χ2v) is 13.4. The van der Waals surface area contributed by atoms with Crippen molar-refractivity contribution in [3.05, 3.63) is 35.9 Å². The lowest BCUT2D eigenvalue weighted by atomic mass is 9.91. The molecule has 1 nitrogen and oxygen atoms in total. The maximum absolute atomic E-state index is 2.80. The van der Waals surface area contributed by atoms with Gasteiger partial charge >= 0.3 is 0 Å². The summed E-state index contributed by atoms with van der Waals surface area (Å²) in [4.78, 5) is 2.80. The van der Waals surface area contributed by atoms with Crippen molar-refractivity contribution >= 4 is 0 Å². The molecule has 1 aromatic rings. The van der Waals surface area contributed by atoms with Crippen LogP contribution in [0.15, 0.2) is 30.3 Å². The van der Waals surface area contributed by atoms with Gasteiger partial charge in [-0.05, 0) is 45.3 Å². The molecular formula is C39H73N. The quantitative estimate of drug-likeness (QED) is 0.0853. The Hall–Kier alpha value is -0.820. The molecule has 0 atom stereocenters. The van der Waals surface area contributed by atoms with E-state index < -0.39 is 0 Å². The van der Waals surface area contributed by atoms with E-state index in [0.717, 1.165) is 0 Å². The first kappa shape index (κ1) is 37.2. The molecule has 0 aromatic heterocycles. The van der Waals surface area contributed by atoms with Crippen LogP contribution in [0.4, 0.5) is 0 Å². The minimum atomic E-state index is 0.121. The van der Waals surface area contributed by atoms with E-state index in [0.29, 0.717) is 0 Å². The van der Waals surface area contributed by atoms with Crippen LogP contribution in [-0.4, -0.2) is 18.0 Å². The monoisotopic (exact) mass is 556 g/mol. The minimum Gasteiger partial charge on any atom is -0.294 e. The fourth-order valence-electron chi connectivity index (χ4n) is 6.34. The van der Waals surface area contributed by atoms with Gasteiger partial charge in [0.15, 0.2) is 0 Å². The van der Waals surface area contributed by atoms with E-state index in [9.17, 15) is 0 Å². The molecule has 0 heterocycles. The van der Waals surface area contributed by atoms with Crippen molar-refractivity contribution in [2.24, 2.45) is 0 Å². The molecule has 0 spiro atoms. The molecule has 0 bridgehead atoms. The minimum absolute atomic E-state index is 0.121. The van der Waals surface area contributed by atoms with Gasteiger partial charge in [0.25, 0.3) is 0 Å². The molecule has 0 N–H and O–H groups in total. The summed E-state index contributed by atoms with van der Waals surface area (Å²) in [5.74, 6) is 0. The summed E-state index contributed by atoms with van der Waals surface area (Å²) in [6.45, 7) is 12.0. The lowest BCUT2D eigenvalue weighted by Gasteiger charge is -2.39. The van der Waals surface area contributed by atoms with Crippen LogP contribution in [0.3, 0.4) is 0 Å². The summed E-state index contributed by atoms with van der Waals surface area (Å²) in [5.41, 5.74) is 1.59. The molecule has 0 fully saturated rings. The largest absolute Gasteiger partial charge is 0.294 e. The molecular weight excluding hydrogens is 482 g/mol. The lowest BCUT2D eigenvalue weighted by Crippen LogP contribution is -2.42. The molecule has 0 aliphatic carbocycles. The third kappa shape index (κ3) is 20.1. The van der Waals surface area contributed by atoms with Crippen LogP contribution in [0.2, 0.25) is 0 Å². The normalized spacial score (nSPS) is 12.0. The van der Waals surface area contributed by atoms with Gasteiger partial charge in [-0.2, -0.15) is 0 Å². The van der Waals surface area contributed by atoms with Crippen LogP contribution in [-0.2, 0) is 5.54 Å². The van der Waals surface area contributed by atoms with E-state index in [2.05, 4.69) is 62.9 Å². The number of hydrogen-bond acceptors (Lipinski definition) is 1. The first-order chi connectivity index (χ1) is 19.6. The fraction of sp³-hybridized carbons (Fsp3) is 0.846. The number of unbranched alkanes of at least 4 members (excludes halogenated alkanes) is 24. The van der Waals surface area contributed by atoms with Crippen LogP contribution in [0.25, 0.3) is 0 Å². The van der Waals surface area contributed by atoms with Gasteiger partial charge in [0, 0.05) is 5.54 Å². The first-order valence-corrected chi connectivity index (χ1v) is 18.4. The molecule has 0 unspecified atom stereocenters. The summed E-state index contributed by atoms with van der Waals surface area (Å²) in [6.07, 6.45) is 37.3. The van der Waals surface area contributed by atoms with Crippen LogP contribution in [0.5, 0.6) is 0 Å². The number of nitrogens with zero attached hydrogens (tertiary/aromatic N) is 1. The van der Waals surface area contributed by atoms with Gasteiger partial charge in [-0.3, -0.25) is 4.90 Å². The summed E-state index contributed by atoms with van der Waals surface area (Å²) in [5, 5.41) is 0. The predicted molar refractivity (Wildman–Crippen MR) is 182 cm³/mol. The molecule has 0 aliphatic rings. The topological polar surface area (TPSA) is 3.24 Å². The molecule has 0 saturated carbocycles. The molecule has 234 valence electrons. The van der Waals surface area contributed by atoms with Crippen LogP contribution >= 0.6 is 0 Å². The predicted octanol–water partition coefficient (Wildman–Crippen LogP) is 13.4. The fourth-order valence-corrected chi connectivity index (χ4v) is 6.34. The van der Waals surface area contributed by atoms with Crippen molar-refractivity contribution in [2.75, 3.05) is 13.1 Å². The Morgan fingerprint density at radius 1 is 0.400 bits per heavy atom.